The molecule has 0 spiro atoms. The van der Waals surface area contributed by atoms with E-state index < -0.39 is 0 Å². The van der Waals surface area contributed by atoms with Gasteiger partial charge in [0.1, 0.15) is 5.82 Å². The number of hydrogen-bond acceptors (Lipinski definition) is 2. The SMILES string of the molecule is CCNC(=NCc1ccccn1)NCC(C)(C)c1cccc(F)c1. The third-order valence-corrected chi connectivity index (χ3v) is 3.77. The Morgan fingerprint density at radius 1 is 1.17 bits per heavy atom. The zero-order valence-corrected chi connectivity index (χ0v) is 14.5. The van der Waals surface area contributed by atoms with E-state index in [1.807, 2.05) is 31.2 Å². The highest BCUT2D eigenvalue weighted by Crippen LogP contribution is 2.22. The zero-order valence-electron chi connectivity index (χ0n) is 14.5. The highest BCUT2D eigenvalue weighted by Gasteiger charge is 2.21. The average Bonchev–Trinajstić information content (AvgIpc) is 2.58. The Bertz CT molecular complexity index is 668. The molecule has 1 aromatic carbocycles. The van der Waals surface area contributed by atoms with E-state index in [1.54, 1.807) is 18.3 Å². The highest BCUT2D eigenvalue weighted by molar-refractivity contribution is 5.79. The number of rotatable bonds is 6. The molecule has 128 valence electrons. The summed E-state index contributed by atoms with van der Waals surface area (Å²) in [6.07, 6.45) is 1.76. The van der Waals surface area contributed by atoms with Gasteiger partial charge in [-0.3, -0.25) is 4.98 Å². The van der Waals surface area contributed by atoms with Crippen molar-refractivity contribution in [1.29, 1.82) is 0 Å². The Labute approximate surface area is 143 Å². The summed E-state index contributed by atoms with van der Waals surface area (Å²) in [5, 5.41) is 6.56. The summed E-state index contributed by atoms with van der Waals surface area (Å²) >= 11 is 0. The van der Waals surface area contributed by atoms with Crippen LogP contribution in [0.25, 0.3) is 0 Å². The molecule has 2 aromatic rings. The third-order valence-electron chi connectivity index (χ3n) is 3.77. The first-order valence-corrected chi connectivity index (χ1v) is 8.19. The number of benzene rings is 1. The van der Waals surface area contributed by atoms with E-state index in [1.165, 1.54) is 6.07 Å². The largest absolute Gasteiger partial charge is 0.357 e. The molecule has 24 heavy (non-hydrogen) atoms. The second kappa shape index (κ2) is 8.43. The molecular weight excluding hydrogens is 303 g/mol. The van der Waals surface area contributed by atoms with Crippen molar-refractivity contribution >= 4 is 5.96 Å². The van der Waals surface area contributed by atoms with Gasteiger partial charge in [-0.25, -0.2) is 9.38 Å². The number of pyridine rings is 1. The summed E-state index contributed by atoms with van der Waals surface area (Å²) < 4.78 is 13.5. The lowest BCUT2D eigenvalue weighted by Crippen LogP contribution is -2.43. The van der Waals surface area contributed by atoms with E-state index in [-0.39, 0.29) is 11.2 Å². The van der Waals surface area contributed by atoms with E-state index >= 15 is 0 Å². The molecule has 1 heterocycles. The molecule has 0 bridgehead atoms. The van der Waals surface area contributed by atoms with E-state index in [4.69, 9.17) is 0 Å². The molecule has 4 nitrogen and oxygen atoms in total. The fourth-order valence-corrected chi connectivity index (χ4v) is 2.31. The molecule has 0 saturated carbocycles. The predicted molar refractivity (Wildman–Crippen MR) is 96.5 cm³/mol. The molecule has 2 rings (SSSR count). The van der Waals surface area contributed by atoms with Gasteiger partial charge >= 0.3 is 0 Å². The third kappa shape index (κ3) is 5.33. The molecule has 0 fully saturated rings. The number of nitrogens with one attached hydrogen (secondary N) is 2. The molecule has 0 atom stereocenters. The summed E-state index contributed by atoms with van der Waals surface area (Å²) in [5.41, 5.74) is 1.65. The van der Waals surface area contributed by atoms with Crippen LogP contribution in [0.1, 0.15) is 32.0 Å². The Morgan fingerprint density at radius 2 is 2.00 bits per heavy atom. The summed E-state index contributed by atoms with van der Waals surface area (Å²) in [5.74, 6) is 0.518. The minimum atomic E-state index is -0.219. The van der Waals surface area contributed by atoms with Gasteiger partial charge in [-0.15, -0.1) is 0 Å². The minimum absolute atomic E-state index is 0.212. The van der Waals surface area contributed by atoms with Crippen LogP contribution in [0.4, 0.5) is 4.39 Å². The van der Waals surface area contributed by atoms with Crippen LogP contribution in [-0.4, -0.2) is 24.0 Å². The maximum atomic E-state index is 13.5. The van der Waals surface area contributed by atoms with E-state index in [2.05, 4.69) is 34.5 Å². The first kappa shape index (κ1) is 17.9. The monoisotopic (exact) mass is 328 g/mol. The summed E-state index contributed by atoms with van der Waals surface area (Å²) in [6.45, 7) is 8.11. The van der Waals surface area contributed by atoms with Crippen molar-refractivity contribution in [1.82, 2.24) is 15.6 Å². The molecular formula is C19H25FN4. The molecule has 5 heteroatoms. The standard InChI is InChI=1S/C19H25FN4/c1-4-21-18(23-13-17-10-5-6-11-22-17)24-14-19(2,3)15-8-7-9-16(20)12-15/h5-12H,4,13-14H2,1-3H3,(H2,21,23,24). The van der Waals surface area contributed by atoms with Crippen LogP contribution in [-0.2, 0) is 12.0 Å². The van der Waals surface area contributed by atoms with Gasteiger partial charge in [0.2, 0.25) is 0 Å². The zero-order chi connectivity index (χ0) is 17.4. The lowest BCUT2D eigenvalue weighted by molar-refractivity contribution is 0.503. The van der Waals surface area contributed by atoms with Crippen molar-refractivity contribution in [3.05, 3.63) is 65.7 Å². The number of halogens is 1. The fraction of sp³-hybridized carbons (Fsp3) is 0.368. The molecule has 0 radical (unpaired) electrons. The second-order valence-electron chi connectivity index (χ2n) is 6.26. The molecule has 2 N–H and O–H groups in total. The molecule has 1 aromatic heterocycles. The van der Waals surface area contributed by atoms with Gasteiger partial charge < -0.3 is 10.6 Å². The summed E-state index contributed by atoms with van der Waals surface area (Å²) in [6, 6.07) is 12.5. The Kier molecular flexibility index (Phi) is 6.29. The number of guanidine groups is 1. The van der Waals surface area contributed by atoms with Gasteiger partial charge in [0.05, 0.1) is 12.2 Å². The number of aromatic nitrogens is 1. The van der Waals surface area contributed by atoms with Crippen LogP contribution in [0.5, 0.6) is 0 Å². The van der Waals surface area contributed by atoms with Crippen molar-refractivity contribution in [2.45, 2.75) is 32.7 Å². The van der Waals surface area contributed by atoms with E-state index in [0.717, 1.165) is 23.8 Å². The maximum Gasteiger partial charge on any atom is 0.191 e. The van der Waals surface area contributed by atoms with E-state index in [0.29, 0.717) is 13.1 Å². The van der Waals surface area contributed by atoms with Gasteiger partial charge in [0.15, 0.2) is 5.96 Å². The van der Waals surface area contributed by atoms with Gasteiger partial charge in [0, 0.05) is 24.7 Å². The Hall–Kier alpha value is -2.43. The van der Waals surface area contributed by atoms with Gasteiger partial charge in [0.25, 0.3) is 0 Å². The van der Waals surface area contributed by atoms with Gasteiger partial charge in [-0.1, -0.05) is 32.0 Å². The average molecular weight is 328 g/mol. The smallest absolute Gasteiger partial charge is 0.191 e. The summed E-state index contributed by atoms with van der Waals surface area (Å²) in [7, 11) is 0. The molecule has 0 aliphatic rings. The van der Waals surface area contributed by atoms with Crippen LogP contribution in [0, 0.1) is 5.82 Å². The molecule has 0 aliphatic heterocycles. The number of aliphatic imine (C=N–C) groups is 1. The van der Waals surface area contributed by atoms with Gasteiger partial charge in [-0.05, 0) is 36.8 Å². The Balaban J connectivity index is 2.02. The first-order chi connectivity index (χ1) is 11.5. The van der Waals surface area contributed by atoms with Crippen molar-refractivity contribution in [3.63, 3.8) is 0 Å². The molecule has 0 unspecified atom stereocenters. The summed E-state index contributed by atoms with van der Waals surface area (Å²) in [4.78, 5) is 8.83. The maximum absolute atomic E-state index is 13.5. The molecule has 0 saturated heterocycles. The lowest BCUT2D eigenvalue weighted by Gasteiger charge is -2.26. The van der Waals surface area contributed by atoms with E-state index in [9.17, 15) is 4.39 Å². The highest BCUT2D eigenvalue weighted by atomic mass is 19.1. The van der Waals surface area contributed by atoms with Crippen molar-refractivity contribution < 1.29 is 4.39 Å². The van der Waals surface area contributed by atoms with Crippen LogP contribution in [0.15, 0.2) is 53.7 Å². The number of nitrogens with zero attached hydrogens (tertiary/aromatic N) is 2. The van der Waals surface area contributed by atoms with Crippen LogP contribution < -0.4 is 10.6 Å². The predicted octanol–water partition coefficient (Wildman–Crippen LogP) is 3.25. The lowest BCUT2D eigenvalue weighted by atomic mass is 9.84. The topological polar surface area (TPSA) is 49.3 Å². The fourth-order valence-electron chi connectivity index (χ4n) is 2.31. The van der Waals surface area contributed by atoms with Crippen molar-refractivity contribution in [3.8, 4) is 0 Å². The molecule has 0 amide bonds. The minimum Gasteiger partial charge on any atom is -0.357 e. The number of hydrogen-bond donors (Lipinski definition) is 2. The van der Waals surface area contributed by atoms with Crippen LogP contribution in [0.2, 0.25) is 0 Å². The quantitative estimate of drug-likeness (QED) is 0.632. The van der Waals surface area contributed by atoms with Crippen molar-refractivity contribution in [2.75, 3.05) is 13.1 Å². The van der Waals surface area contributed by atoms with Crippen LogP contribution >= 0.6 is 0 Å². The normalized spacial score (nSPS) is 12.1. The molecule has 0 aliphatic carbocycles. The Morgan fingerprint density at radius 3 is 2.67 bits per heavy atom. The first-order valence-electron chi connectivity index (χ1n) is 8.19. The second-order valence-corrected chi connectivity index (χ2v) is 6.26. The van der Waals surface area contributed by atoms with Crippen LogP contribution in [0.3, 0.4) is 0 Å². The van der Waals surface area contributed by atoms with Gasteiger partial charge in [-0.2, -0.15) is 0 Å². The van der Waals surface area contributed by atoms with Crippen molar-refractivity contribution in [2.24, 2.45) is 4.99 Å².